The molecule has 7 heteroatoms. The number of carbonyl (C=O) groups excluding carboxylic acids is 1. The maximum Gasteiger partial charge on any atom is 0.234 e. The Balaban J connectivity index is 1.69. The summed E-state index contributed by atoms with van der Waals surface area (Å²) >= 11 is 1.40. The molecule has 0 atom stereocenters. The molecular weight excluding hydrogens is 388 g/mol. The molecule has 1 heterocycles. The molecule has 0 spiro atoms. The number of pyridine rings is 1. The Morgan fingerprint density at radius 1 is 1.07 bits per heavy atom. The van der Waals surface area contributed by atoms with E-state index in [1.807, 2.05) is 32.0 Å². The van der Waals surface area contributed by atoms with Crippen LogP contribution in [0.1, 0.15) is 12.5 Å². The van der Waals surface area contributed by atoms with Gasteiger partial charge in [0.2, 0.25) is 5.91 Å². The number of carbonyl (C=O) groups is 1. The Bertz CT molecular complexity index is 1020. The van der Waals surface area contributed by atoms with Crippen molar-refractivity contribution in [3.05, 3.63) is 48.0 Å². The summed E-state index contributed by atoms with van der Waals surface area (Å²) in [6.07, 6.45) is 0. The fraction of sp³-hybridized carbons (Fsp3) is 0.273. The Labute approximate surface area is 174 Å². The molecule has 152 valence electrons. The van der Waals surface area contributed by atoms with Crippen LogP contribution in [0.3, 0.4) is 0 Å². The number of anilines is 1. The minimum atomic E-state index is -0.133. The van der Waals surface area contributed by atoms with Gasteiger partial charge in [0.15, 0.2) is 0 Å². The van der Waals surface area contributed by atoms with Gasteiger partial charge < -0.3 is 19.5 Å². The summed E-state index contributed by atoms with van der Waals surface area (Å²) in [6, 6.07) is 13.2. The van der Waals surface area contributed by atoms with Gasteiger partial charge in [-0.05, 0) is 55.8 Å². The number of methoxy groups -OCH3 is 2. The van der Waals surface area contributed by atoms with Crippen LogP contribution in [-0.2, 0) is 4.79 Å². The summed E-state index contributed by atoms with van der Waals surface area (Å²) in [5.41, 5.74) is 2.50. The second-order valence-corrected chi connectivity index (χ2v) is 7.27. The minimum absolute atomic E-state index is 0.133. The highest BCUT2D eigenvalue weighted by Crippen LogP contribution is 2.30. The van der Waals surface area contributed by atoms with Gasteiger partial charge in [0.25, 0.3) is 0 Å². The van der Waals surface area contributed by atoms with Gasteiger partial charge in [-0.1, -0.05) is 11.8 Å². The van der Waals surface area contributed by atoms with Crippen LogP contribution in [0.4, 0.5) is 5.69 Å². The Hall–Kier alpha value is -2.93. The fourth-order valence-electron chi connectivity index (χ4n) is 2.87. The van der Waals surface area contributed by atoms with Crippen LogP contribution in [0, 0.1) is 6.92 Å². The molecule has 0 aliphatic carbocycles. The number of hydrogen-bond donors (Lipinski definition) is 1. The lowest BCUT2D eigenvalue weighted by Crippen LogP contribution is -2.15. The zero-order valence-corrected chi connectivity index (χ0v) is 17.8. The van der Waals surface area contributed by atoms with Gasteiger partial charge in [-0.15, -0.1) is 0 Å². The molecule has 1 amide bonds. The maximum absolute atomic E-state index is 12.4. The van der Waals surface area contributed by atoms with Crippen molar-refractivity contribution < 1.29 is 19.0 Å². The Morgan fingerprint density at radius 2 is 1.86 bits per heavy atom. The van der Waals surface area contributed by atoms with Crippen molar-refractivity contribution in [3.8, 4) is 17.2 Å². The second-order valence-electron chi connectivity index (χ2n) is 6.30. The summed E-state index contributed by atoms with van der Waals surface area (Å²) in [5, 5.41) is 4.73. The van der Waals surface area contributed by atoms with Crippen LogP contribution < -0.4 is 19.5 Å². The van der Waals surface area contributed by atoms with Crippen molar-refractivity contribution in [1.29, 1.82) is 0 Å². The van der Waals surface area contributed by atoms with Crippen molar-refractivity contribution in [1.82, 2.24) is 4.98 Å². The Kier molecular flexibility index (Phi) is 6.82. The molecule has 0 saturated heterocycles. The van der Waals surface area contributed by atoms with E-state index in [1.165, 1.54) is 11.8 Å². The fourth-order valence-corrected chi connectivity index (χ4v) is 3.66. The number of benzene rings is 2. The number of nitrogens with one attached hydrogen (secondary N) is 1. The van der Waals surface area contributed by atoms with Crippen molar-refractivity contribution in [2.45, 2.75) is 18.9 Å². The van der Waals surface area contributed by atoms with Crippen molar-refractivity contribution >= 4 is 34.3 Å². The predicted octanol–water partition coefficient (Wildman–Crippen LogP) is 4.69. The average molecular weight is 413 g/mol. The van der Waals surface area contributed by atoms with Gasteiger partial charge in [-0.3, -0.25) is 4.79 Å². The largest absolute Gasteiger partial charge is 0.497 e. The summed E-state index contributed by atoms with van der Waals surface area (Å²) in [5.74, 6) is 2.15. The standard InChI is InChI=1S/C22H24N2O4S/c1-5-28-17-7-8-18-15(11-17)10-14(2)22(24-18)29-13-21(25)23-19-9-6-16(26-3)12-20(19)27-4/h6-12H,5,13H2,1-4H3,(H,23,25). The van der Waals surface area contributed by atoms with Crippen LogP contribution in [-0.4, -0.2) is 37.5 Å². The first-order valence-corrected chi connectivity index (χ1v) is 10.2. The molecule has 29 heavy (non-hydrogen) atoms. The first-order chi connectivity index (χ1) is 14.0. The zero-order chi connectivity index (χ0) is 20.8. The van der Waals surface area contributed by atoms with Gasteiger partial charge in [-0.2, -0.15) is 0 Å². The number of hydrogen-bond acceptors (Lipinski definition) is 6. The topological polar surface area (TPSA) is 69.7 Å². The number of ether oxygens (including phenoxy) is 3. The van der Waals surface area contributed by atoms with Gasteiger partial charge >= 0.3 is 0 Å². The molecule has 1 N–H and O–H groups in total. The number of fused-ring (bicyclic) bond motifs is 1. The Morgan fingerprint density at radius 3 is 2.59 bits per heavy atom. The van der Waals surface area contributed by atoms with Crippen LogP contribution in [0.2, 0.25) is 0 Å². The molecule has 0 bridgehead atoms. The zero-order valence-electron chi connectivity index (χ0n) is 16.9. The molecule has 0 unspecified atom stereocenters. The number of thioether (sulfide) groups is 1. The van der Waals surface area contributed by atoms with E-state index in [9.17, 15) is 4.79 Å². The lowest BCUT2D eigenvalue weighted by atomic mass is 10.1. The number of rotatable bonds is 8. The quantitative estimate of drug-likeness (QED) is 0.541. The van der Waals surface area contributed by atoms with E-state index in [1.54, 1.807) is 32.4 Å². The normalized spacial score (nSPS) is 10.6. The predicted molar refractivity (Wildman–Crippen MR) is 117 cm³/mol. The molecule has 3 aromatic rings. The number of nitrogens with zero attached hydrogens (tertiary/aromatic N) is 1. The monoisotopic (exact) mass is 412 g/mol. The molecule has 2 aromatic carbocycles. The van der Waals surface area contributed by atoms with E-state index >= 15 is 0 Å². The highest BCUT2D eigenvalue weighted by atomic mass is 32.2. The van der Waals surface area contributed by atoms with Crippen molar-refractivity contribution in [2.75, 3.05) is 31.9 Å². The molecular formula is C22H24N2O4S. The number of amides is 1. The summed E-state index contributed by atoms with van der Waals surface area (Å²) in [7, 11) is 3.14. The highest BCUT2D eigenvalue weighted by Gasteiger charge is 2.12. The van der Waals surface area contributed by atoms with Gasteiger partial charge in [-0.25, -0.2) is 4.98 Å². The molecule has 0 aliphatic rings. The molecule has 3 rings (SSSR count). The lowest BCUT2D eigenvalue weighted by Gasteiger charge is -2.12. The van der Waals surface area contributed by atoms with E-state index in [2.05, 4.69) is 11.4 Å². The van der Waals surface area contributed by atoms with E-state index in [-0.39, 0.29) is 11.7 Å². The van der Waals surface area contributed by atoms with Crippen LogP contribution in [0.5, 0.6) is 17.2 Å². The summed E-state index contributed by atoms with van der Waals surface area (Å²) in [4.78, 5) is 17.1. The molecule has 1 aromatic heterocycles. The van der Waals surface area contributed by atoms with E-state index in [4.69, 9.17) is 19.2 Å². The summed E-state index contributed by atoms with van der Waals surface area (Å²) < 4.78 is 16.0. The van der Waals surface area contributed by atoms with Gasteiger partial charge in [0.1, 0.15) is 22.3 Å². The van der Waals surface area contributed by atoms with Crippen molar-refractivity contribution in [3.63, 3.8) is 0 Å². The van der Waals surface area contributed by atoms with Crippen LogP contribution >= 0.6 is 11.8 Å². The van der Waals surface area contributed by atoms with Gasteiger partial charge in [0.05, 0.1) is 37.8 Å². The van der Waals surface area contributed by atoms with E-state index in [0.29, 0.717) is 23.8 Å². The highest BCUT2D eigenvalue weighted by molar-refractivity contribution is 8.00. The first kappa shape index (κ1) is 20.8. The molecule has 6 nitrogen and oxygen atoms in total. The van der Waals surface area contributed by atoms with E-state index < -0.39 is 0 Å². The summed E-state index contributed by atoms with van der Waals surface area (Å²) in [6.45, 7) is 4.58. The average Bonchev–Trinajstić information content (AvgIpc) is 2.72. The first-order valence-electron chi connectivity index (χ1n) is 9.23. The smallest absolute Gasteiger partial charge is 0.234 e. The SMILES string of the molecule is CCOc1ccc2nc(SCC(=O)Nc3ccc(OC)cc3OC)c(C)cc2c1. The van der Waals surface area contributed by atoms with Gasteiger partial charge in [0, 0.05) is 11.5 Å². The molecule has 0 radical (unpaired) electrons. The van der Waals surface area contributed by atoms with E-state index in [0.717, 1.165) is 27.2 Å². The lowest BCUT2D eigenvalue weighted by molar-refractivity contribution is -0.113. The van der Waals surface area contributed by atoms with Crippen LogP contribution in [0.15, 0.2) is 47.5 Å². The number of aromatic nitrogens is 1. The third-order valence-corrected chi connectivity index (χ3v) is 5.36. The third-order valence-electron chi connectivity index (χ3n) is 4.26. The molecule has 0 fully saturated rings. The molecule has 0 aliphatic heterocycles. The third kappa shape index (κ3) is 5.12. The van der Waals surface area contributed by atoms with Crippen LogP contribution in [0.25, 0.3) is 10.9 Å². The second kappa shape index (κ2) is 9.52. The maximum atomic E-state index is 12.4. The number of aryl methyl sites for hydroxylation is 1. The van der Waals surface area contributed by atoms with Crippen molar-refractivity contribution in [2.24, 2.45) is 0 Å². The molecule has 0 saturated carbocycles. The minimum Gasteiger partial charge on any atom is -0.497 e.